The van der Waals surface area contributed by atoms with Crippen LogP contribution in [0.3, 0.4) is 0 Å². The van der Waals surface area contributed by atoms with Crippen LogP contribution in [0.2, 0.25) is 0 Å². The lowest BCUT2D eigenvalue weighted by atomic mass is 10.1. The predicted octanol–water partition coefficient (Wildman–Crippen LogP) is 4.21. The molecule has 1 aliphatic rings. The Kier molecular flexibility index (Phi) is 6.32. The second-order valence-electron chi connectivity index (χ2n) is 5.49. The van der Waals surface area contributed by atoms with Crippen molar-refractivity contribution in [2.45, 2.75) is 27.7 Å². The monoisotopic (exact) mass is 445 g/mol. The van der Waals surface area contributed by atoms with Gasteiger partial charge in [-0.2, -0.15) is 0 Å². The summed E-state index contributed by atoms with van der Waals surface area (Å²) in [5, 5.41) is 0. The van der Waals surface area contributed by atoms with Crippen LogP contribution in [0.5, 0.6) is 0 Å². The van der Waals surface area contributed by atoms with Crippen molar-refractivity contribution in [1.29, 1.82) is 0 Å². The maximum absolute atomic E-state index is 12.7. The Bertz CT molecular complexity index is 895. The van der Waals surface area contributed by atoms with Gasteiger partial charge in [-0.15, -0.1) is 0 Å². The Hall–Kier alpha value is -2.20. The molecule has 0 atom stereocenters. The molecule has 0 saturated heterocycles. The smallest absolute Gasteiger partial charge is 0.286 e. The number of halogens is 1. The van der Waals surface area contributed by atoms with E-state index in [4.69, 9.17) is 0 Å². The minimum atomic E-state index is -0.304. The zero-order valence-electron chi connectivity index (χ0n) is 15.0. The first kappa shape index (κ1) is 19.1. The fourth-order valence-corrected chi connectivity index (χ4v) is 3.11. The van der Waals surface area contributed by atoms with E-state index in [0.717, 1.165) is 31.8 Å². The number of hydrogen-bond donors (Lipinski definition) is 0. The molecule has 0 radical (unpaired) electrons. The number of amides is 1. The maximum atomic E-state index is 12.7. The molecule has 0 aliphatic carbocycles. The minimum absolute atomic E-state index is 0.304. The molecule has 4 nitrogen and oxygen atoms in total. The van der Waals surface area contributed by atoms with Crippen LogP contribution in [-0.2, 0) is 4.79 Å². The molecule has 25 heavy (non-hydrogen) atoms. The van der Waals surface area contributed by atoms with Gasteiger partial charge in [-0.3, -0.25) is 14.7 Å². The minimum Gasteiger partial charge on any atom is -0.286 e. The molecule has 2 rings (SSSR count). The van der Waals surface area contributed by atoms with Crippen molar-refractivity contribution in [3.8, 4) is 11.8 Å². The number of nitrogens with zero attached hydrogens (tertiary/aromatic N) is 3. The molecule has 0 aromatic heterocycles. The topological polar surface area (TPSA) is 45.0 Å². The summed E-state index contributed by atoms with van der Waals surface area (Å²) >= 11 is 2.29. The molecule has 1 aromatic carbocycles. The van der Waals surface area contributed by atoms with E-state index >= 15 is 0 Å². The Labute approximate surface area is 162 Å². The van der Waals surface area contributed by atoms with Crippen LogP contribution >= 0.6 is 22.6 Å². The van der Waals surface area contributed by atoms with Gasteiger partial charge in [0.15, 0.2) is 0 Å². The van der Waals surface area contributed by atoms with Crippen LogP contribution in [0, 0.1) is 29.3 Å². The normalized spacial score (nSPS) is 16.5. The first-order valence-electron chi connectivity index (χ1n) is 7.86. The summed E-state index contributed by atoms with van der Waals surface area (Å²) in [5.74, 6) is 5.55. The SMILES string of the molecule is CC#CC(=O)N(C1=N/C(=C/C)C(=NC)C=C1)c1cc(C)c(I)cc1C. The molecule has 1 aliphatic heterocycles. The number of amidine groups is 1. The number of aliphatic imine (C=N–C) groups is 2. The van der Waals surface area contributed by atoms with Crippen molar-refractivity contribution < 1.29 is 4.79 Å². The number of aryl methyl sites for hydroxylation is 2. The average Bonchev–Trinajstić information content (AvgIpc) is 2.59. The number of dihydropyridines is 1. The fourth-order valence-electron chi connectivity index (χ4n) is 2.49. The van der Waals surface area contributed by atoms with Crippen LogP contribution in [0.15, 0.2) is 46.0 Å². The van der Waals surface area contributed by atoms with Gasteiger partial charge < -0.3 is 0 Å². The second-order valence-corrected chi connectivity index (χ2v) is 6.65. The number of hydrogen-bond acceptors (Lipinski definition) is 3. The number of carbonyl (C=O) groups is 1. The third-order valence-electron chi connectivity index (χ3n) is 3.78. The standard InChI is InChI=1S/C20H20IN3O/c1-6-8-20(25)24(18-12-13(3)15(21)11-14(18)4)19-10-9-17(22-5)16(7-2)23-19/h7,9-12H,1-5H3/b16-7+,22-17?. The lowest BCUT2D eigenvalue weighted by molar-refractivity contribution is -0.112. The molecule has 0 bridgehead atoms. The van der Waals surface area contributed by atoms with E-state index < -0.39 is 0 Å². The Morgan fingerprint density at radius 1 is 1.28 bits per heavy atom. The zero-order chi connectivity index (χ0) is 18.6. The maximum Gasteiger partial charge on any atom is 0.308 e. The lowest BCUT2D eigenvalue weighted by Crippen LogP contribution is -2.37. The first-order valence-corrected chi connectivity index (χ1v) is 8.94. The van der Waals surface area contributed by atoms with E-state index in [-0.39, 0.29) is 5.91 Å². The number of allylic oxidation sites excluding steroid dienone is 2. The molecule has 1 aromatic rings. The average molecular weight is 445 g/mol. The van der Waals surface area contributed by atoms with Crippen molar-refractivity contribution in [2.24, 2.45) is 9.98 Å². The number of carbonyl (C=O) groups excluding carboxylic acids is 1. The summed E-state index contributed by atoms with van der Waals surface area (Å²) in [6.45, 7) is 7.56. The zero-order valence-corrected chi connectivity index (χ0v) is 17.2. The highest BCUT2D eigenvalue weighted by molar-refractivity contribution is 14.1. The third kappa shape index (κ3) is 4.07. The Balaban J connectivity index is 2.65. The highest BCUT2D eigenvalue weighted by atomic mass is 127. The molecule has 0 N–H and O–H groups in total. The summed E-state index contributed by atoms with van der Waals surface area (Å²) in [5.41, 5.74) is 4.42. The van der Waals surface area contributed by atoms with Gasteiger partial charge in [-0.25, -0.2) is 4.99 Å². The Morgan fingerprint density at radius 3 is 2.60 bits per heavy atom. The van der Waals surface area contributed by atoms with E-state index in [1.54, 1.807) is 24.9 Å². The van der Waals surface area contributed by atoms with Gasteiger partial charge >= 0.3 is 5.91 Å². The summed E-state index contributed by atoms with van der Waals surface area (Å²) in [7, 11) is 1.72. The van der Waals surface area contributed by atoms with Gasteiger partial charge in [0, 0.05) is 10.6 Å². The summed E-state index contributed by atoms with van der Waals surface area (Å²) in [6.07, 6.45) is 5.55. The van der Waals surface area contributed by atoms with Gasteiger partial charge in [-0.1, -0.05) is 12.0 Å². The van der Waals surface area contributed by atoms with Gasteiger partial charge in [0.05, 0.1) is 17.1 Å². The van der Waals surface area contributed by atoms with Crippen molar-refractivity contribution in [3.63, 3.8) is 0 Å². The van der Waals surface area contributed by atoms with Crippen LogP contribution in [0.4, 0.5) is 5.69 Å². The molecule has 0 saturated carbocycles. The summed E-state index contributed by atoms with van der Waals surface area (Å²) < 4.78 is 1.16. The number of anilines is 1. The third-order valence-corrected chi connectivity index (χ3v) is 4.95. The van der Waals surface area contributed by atoms with E-state index in [2.05, 4.69) is 50.5 Å². The molecule has 0 fully saturated rings. The van der Waals surface area contributed by atoms with E-state index in [1.165, 1.54) is 0 Å². The predicted molar refractivity (Wildman–Crippen MR) is 113 cm³/mol. The van der Waals surface area contributed by atoms with E-state index in [9.17, 15) is 4.79 Å². The molecule has 1 amide bonds. The van der Waals surface area contributed by atoms with Gasteiger partial charge in [0.25, 0.3) is 0 Å². The highest BCUT2D eigenvalue weighted by Gasteiger charge is 2.24. The molecule has 0 spiro atoms. The quantitative estimate of drug-likeness (QED) is 0.472. The Morgan fingerprint density at radius 2 is 2.00 bits per heavy atom. The van der Waals surface area contributed by atoms with E-state index in [0.29, 0.717) is 5.84 Å². The van der Waals surface area contributed by atoms with Crippen molar-refractivity contribution >= 4 is 45.7 Å². The van der Waals surface area contributed by atoms with Crippen LogP contribution in [0.25, 0.3) is 0 Å². The van der Waals surface area contributed by atoms with Crippen molar-refractivity contribution in [2.75, 3.05) is 11.9 Å². The molecular formula is C20H20IN3O. The summed E-state index contributed by atoms with van der Waals surface area (Å²) in [6, 6.07) is 4.06. The van der Waals surface area contributed by atoms with Crippen LogP contribution in [0.1, 0.15) is 25.0 Å². The second kappa shape index (κ2) is 8.26. The number of benzene rings is 1. The fraction of sp³-hybridized carbons (Fsp3) is 0.250. The molecular weight excluding hydrogens is 425 g/mol. The van der Waals surface area contributed by atoms with Crippen LogP contribution in [-0.4, -0.2) is 24.5 Å². The van der Waals surface area contributed by atoms with E-state index in [1.807, 2.05) is 39.0 Å². The largest absolute Gasteiger partial charge is 0.308 e. The van der Waals surface area contributed by atoms with Crippen LogP contribution < -0.4 is 4.90 Å². The lowest BCUT2D eigenvalue weighted by Gasteiger charge is -2.25. The molecule has 1 heterocycles. The first-order chi connectivity index (χ1) is 11.9. The molecule has 0 unspecified atom stereocenters. The van der Waals surface area contributed by atoms with Gasteiger partial charge in [-0.05, 0) is 91.6 Å². The molecule has 128 valence electrons. The van der Waals surface area contributed by atoms with Crippen molar-refractivity contribution in [1.82, 2.24) is 0 Å². The van der Waals surface area contributed by atoms with Gasteiger partial charge in [0.2, 0.25) is 0 Å². The highest BCUT2D eigenvalue weighted by Crippen LogP contribution is 2.27. The summed E-state index contributed by atoms with van der Waals surface area (Å²) in [4.78, 5) is 23.1. The number of rotatable bonds is 1. The molecule has 5 heteroatoms. The van der Waals surface area contributed by atoms with Gasteiger partial charge in [0.1, 0.15) is 5.84 Å². The van der Waals surface area contributed by atoms with Crippen molar-refractivity contribution in [3.05, 3.63) is 50.8 Å².